The highest BCUT2D eigenvalue weighted by molar-refractivity contribution is 6.32. The lowest BCUT2D eigenvalue weighted by molar-refractivity contribution is -0.136. The van der Waals surface area contributed by atoms with Crippen molar-refractivity contribution in [2.24, 2.45) is 5.41 Å². The molecule has 1 spiro atoms. The van der Waals surface area contributed by atoms with Crippen LogP contribution >= 0.6 is 11.6 Å². The van der Waals surface area contributed by atoms with E-state index in [9.17, 15) is 29.2 Å². The highest BCUT2D eigenvalue weighted by Crippen LogP contribution is 2.46. The number of halogens is 1. The minimum absolute atomic E-state index is 0.0680. The SMILES string of the molecule is C[C@H]1CC2(CCN(c3ccc(C(=O)N4CCN(C5CCN(c6cc7c(cn6)C(=O)N(C6CCC(=O)NC6=O)C7=O)CC5)CC4)cc3)CC2)CN1c1ccc(C#N)c(Cl)c1. The number of anilines is 3. The number of aromatic nitrogens is 1. The molecule has 15 heteroatoms. The van der Waals surface area contributed by atoms with E-state index in [4.69, 9.17) is 11.6 Å². The predicted molar refractivity (Wildman–Crippen MR) is 222 cm³/mol. The van der Waals surface area contributed by atoms with Crippen molar-refractivity contribution in [2.75, 3.05) is 73.6 Å². The number of imide groups is 2. The Bertz CT molecular complexity index is 2240. The van der Waals surface area contributed by atoms with Crippen LogP contribution in [0.5, 0.6) is 0 Å². The normalized spacial score (nSPS) is 23.8. The average molecular weight is 818 g/mol. The van der Waals surface area contributed by atoms with Crippen LogP contribution in [-0.2, 0) is 9.59 Å². The lowest BCUT2D eigenvalue weighted by Gasteiger charge is -2.43. The molecule has 59 heavy (non-hydrogen) atoms. The molecule has 306 valence electrons. The lowest BCUT2D eigenvalue weighted by atomic mass is 9.76. The molecule has 3 aromatic rings. The van der Waals surface area contributed by atoms with Gasteiger partial charge in [0.15, 0.2) is 0 Å². The number of nitriles is 1. The molecule has 14 nitrogen and oxygen atoms in total. The van der Waals surface area contributed by atoms with Crippen molar-refractivity contribution in [1.82, 2.24) is 25.0 Å². The average Bonchev–Trinajstić information content (AvgIpc) is 3.71. The molecular weight excluding hydrogens is 770 g/mol. The first-order valence-corrected chi connectivity index (χ1v) is 21.2. The Balaban J connectivity index is 0.736. The number of benzene rings is 2. The number of amides is 5. The van der Waals surface area contributed by atoms with Gasteiger partial charge in [-0.25, -0.2) is 4.98 Å². The molecule has 6 aliphatic heterocycles. The number of piperazine rings is 1. The van der Waals surface area contributed by atoms with E-state index < -0.39 is 29.7 Å². The molecule has 1 N–H and O–H groups in total. The van der Waals surface area contributed by atoms with Gasteiger partial charge in [0.2, 0.25) is 11.8 Å². The van der Waals surface area contributed by atoms with Crippen LogP contribution in [0, 0.1) is 16.7 Å². The third-order valence-corrected chi connectivity index (χ3v) is 14.0. The van der Waals surface area contributed by atoms with Gasteiger partial charge in [-0.2, -0.15) is 5.26 Å². The Hall–Kier alpha value is -5.52. The molecule has 9 rings (SSSR count). The van der Waals surface area contributed by atoms with Crippen LogP contribution < -0.4 is 20.0 Å². The fourth-order valence-electron chi connectivity index (χ4n) is 10.3. The van der Waals surface area contributed by atoms with Gasteiger partial charge in [0.05, 0.1) is 21.7 Å². The molecule has 6 aliphatic rings. The predicted octanol–water partition coefficient (Wildman–Crippen LogP) is 4.32. The molecule has 0 saturated carbocycles. The van der Waals surface area contributed by atoms with E-state index >= 15 is 0 Å². The van der Waals surface area contributed by atoms with Gasteiger partial charge in [0.25, 0.3) is 17.7 Å². The Labute approximate surface area is 348 Å². The van der Waals surface area contributed by atoms with Crippen LogP contribution in [0.1, 0.15) is 88.5 Å². The smallest absolute Gasteiger partial charge is 0.263 e. The first-order chi connectivity index (χ1) is 28.5. The van der Waals surface area contributed by atoms with Crippen molar-refractivity contribution in [2.45, 2.75) is 70.0 Å². The van der Waals surface area contributed by atoms with Gasteiger partial charge in [-0.1, -0.05) is 11.6 Å². The van der Waals surface area contributed by atoms with Crippen molar-refractivity contribution in [3.8, 4) is 6.07 Å². The second-order valence-electron chi connectivity index (χ2n) is 17.1. The molecule has 7 heterocycles. The van der Waals surface area contributed by atoms with E-state index in [1.807, 2.05) is 35.2 Å². The Morgan fingerprint density at radius 2 is 1.54 bits per heavy atom. The van der Waals surface area contributed by atoms with Crippen molar-refractivity contribution >= 4 is 58.3 Å². The zero-order valence-electron chi connectivity index (χ0n) is 33.2. The zero-order chi connectivity index (χ0) is 41.0. The summed E-state index contributed by atoms with van der Waals surface area (Å²) in [6, 6.07) is 17.5. The van der Waals surface area contributed by atoms with Crippen LogP contribution in [0.25, 0.3) is 0 Å². The summed E-state index contributed by atoms with van der Waals surface area (Å²) in [5.74, 6) is -1.43. The number of pyridine rings is 1. The minimum atomic E-state index is -1.01. The highest BCUT2D eigenvalue weighted by atomic mass is 35.5. The van der Waals surface area contributed by atoms with Gasteiger partial charge in [-0.05, 0) is 99.4 Å². The number of piperidine rings is 3. The quantitative estimate of drug-likeness (QED) is 0.354. The Morgan fingerprint density at radius 3 is 2.22 bits per heavy atom. The fourth-order valence-corrected chi connectivity index (χ4v) is 10.5. The van der Waals surface area contributed by atoms with Crippen molar-refractivity contribution in [3.05, 3.63) is 82.0 Å². The third kappa shape index (κ3) is 7.29. The van der Waals surface area contributed by atoms with Gasteiger partial charge in [-0.15, -0.1) is 0 Å². The van der Waals surface area contributed by atoms with Crippen LogP contribution in [0.3, 0.4) is 0 Å². The Morgan fingerprint density at radius 1 is 0.847 bits per heavy atom. The van der Waals surface area contributed by atoms with Crippen molar-refractivity contribution in [3.63, 3.8) is 0 Å². The van der Waals surface area contributed by atoms with Crippen molar-refractivity contribution < 1.29 is 24.0 Å². The highest BCUT2D eigenvalue weighted by Gasteiger charge is 2.46. The minimum Gasteiger partial charge on any atom is -0.371 e. The Kier molecular flexibility index (Phi) is 10.3. The van der Waals surface area contributed by atoms with E-state index in [-0.39, 0.29) is 35.3 Å². The van der Waals surface area contributed by atoms with E-state index in [1.54, 1.807) is 6.07 Å². The van der Waals surface area contributed by atoms with Crippen molar-refractivity contribution in [1.29, 1.82) is 5.26 Å². The topological polar surface area (TPSA) is 154 Å². The number of nitrogens with one attached hydrogen (secondary N) is 1. The number of hydrogen-bond donors (Lipinski definition) is 1. The van der Waals surface area contributed by atoms with E-state index in [1.165, 1.54) is 6.20 Å². The molecule has 0 aliphatic carbocycles. The summed E-state index contributed by atoms with van der Waals surface area (Å²) in [6.45, 7) is 9.65. The van der Waals surface area contributed by atoms with Crippen LogP contribution in [0.4, 0.5) is 17.2 Å². The largest absolute Gasteiger partial charge is 0.371 e. The number of fused-ring (bicyclic) bond motifs is 1. The molecule has 0 bridgehead atoms. The maximum Gasteiger partial charge on any atom is 0.263 e. The van der Waals surface area contributed by atoms with Gasteiger partial charge < -0.3 is 19.6 Å². The molecule has 0 radical (unpaired) electrons. The first-order valence-electron chi connectivity index (χ1n) is 20.8. The lowest BCUT2D eigenvalue weighted by Crippen LogP contribution is -2.54. The molecule has 1 unspecified atom stereocenters. The number of carbonyl (C=O) groups excluding carboxylic acids is 5. The van der Waals surface area contributed by atoms with E-state index in [2.05, 4.69) is 55.0 Å². The summed E-state index contributed by atoms with van der Waals surface area (Å²) in [7, 11) is 0. The molecule has 5 fully saturated rings. The first kappa shape index (κ1) is 39.0. The molecule has 2 atom stereocenters. The van der Waals surface area contributed by atoms with Gasteiger partial charge in [0.1, 0.15) is 17.9 Å². The molecule has 2 aromatic carbocycles. The van der Waals surface area contributed by atoms with Gasteiger partial charge >= 0.3 is 0 Å². The summed E-state index contributed by atoms with van der Waals surface area (Å²) in [6.07, 6.45) is 6.76. The monoisotopic (exact) mass is 817 g/mol. The molecule has 5 saturated heterocycles. The van der Waals surface area contributed by atoms with Crippen LogP contribution in [0.2, 0.25) is 5.02 Å². The standard InChI is InChI=1S/C44H48ClN9O5/c1-28-24-44(27-53(28)33-7-4-30(25-46)36(45)22-33)12-16-49(17-13-44)31-5-2-29(3-6-31)41(57)52-20-18-50(19-21-52)32-10-14-51(15-11-32)38-23-34-35(26-47-38)43(59)54(42(34)58)37-8-9-39(55)48-40(37)56/h2-7,22-23,26,28,32,37H,8-21,24,27H2,1H3,(H,48,55,56)/t28-,37?/m0/s1. The zero-order valence-corrected chi connectivity index (χ0v) is 34.0. The van der Waals surface area contributed by atoms with E-state index in [0.717, 1.165) is 94.2 Å². The number of hydrogen-bond acceptors (Lipinski definition) is 11. The van der Waals surface area contributed by atoms with E-state index in [0.29, 0.717) is 47.1 Å². The number of carbonyl (C=O) groups is 5. The second kappa shape index (κ2) is 15.6. The van der Waals surface area contributed by atoms with Crippen LogP contribution in [-0.4, -0.2) is 126 Å². The fraction of sp³-hybridized carbons (Fsp3) is 0.477. The third-order valence-electron chi connectivity index (χ3n) is 13.7. The second-order valence-corrected chi connectivity index (χ2v) is 17.5. The molecule has 5 amide bonds. The maximum absolute atomic E-state index is 13.6. The number of rotatable bonds is 6. The van der Waals surface area contributed by atoms with Crippen LogP contribution in [0.15, 0.2) is 54.7 Å². The summed E-state index contributed by atoms with van der Waals surface area (Å²) in [4.78, 5) is 81.1. The maximum atomic E-state index is 13.6. The summed E-state index contributed by atoms with van der Waals surface area (Å²) < 4.78 is 0. The molecule has 1 aromatic heterocycles. The number of nitrogens with zero attached hydrogens (tertiary/aromatic N) is 8. The summed E-state index contributed by atoms with van der Waals surface area (Å²) in [5.41, 5.74) is 4.12. The summed E-state index contributed by atoms with van der Waals surface area (Å²) >= 11 is 6.38. The summed E-state index contributed by atoms with van der Waals surface area (Å²) in [5, 5.41) is 12.0. The molecular formula is C44H48ClN9O5. The van der Waals surface area contributed by atoms with Gasteiger partial charge in [-0.3, -0.25) is 39.1 Å². The van der Waals surface area contributed by atoms with Gasteiger partial charge in [0, 0.05) is 101 Å².